The third-order valence-corrected chi connectivity index (χ3v) is 3.68. The first kappa shape index (κ1) is 12.0. The van der Waals surface area contributed by atoms with Gasteiger partial charge in [-0.15, -0.1) is 0 Å². The van der Waals surface area contributed by atoms with Gasteiger partial charge < -0.3 is 15.3 Å². The molecule has 1 aliphatic heterocycles. The van der Waals surface area contributed by atoms with Gasteiger partial charge in [0.2, 0.25) is 0 Å². The molecular weight excluding hydrogens is 251 g/mol. The van der Waals surface area contributed by atoms with E-state index in [9.17, 15) is 14.0 Å². The Hall–Kier alpha value is -2.11. The summed E-state index contributed by atoms with van der Waals surface area (Å²) < 4.78 is 12.8. The Morgan fingerprint density at radius 3 is 2.63 bits per heavy atom. The average molecular weight is 264 g/mol. The van der Waals surface area contributed by atoms with Gasteiger partial charge in [0.25, 0.3) is 0 Å². The molecule has 100 valence electrons. The molecule has 1 heterocycles. The maximum atomic E-state index is 12.8. The van der Waals surface area contributed by atoms with Crippen LogP contribution in [0.15, 0.2) is 24.3 Å². The largest absolute Gasteiger partial charge is 0.481 e. The van der Waals surface area contributed by atoms with Crippen LogP contribution in [-0.2, 0) is 4.79 Å². The zero-order valence-electron chi connectivity index (χ0n) is 10.0. The van der Waals surface area contributed by atoms with Gasteiger partial charge in [-0.2, -0.15) is 0 Å². The summed E-state index contributed by atoms with van der Waals surface area (Å²) in [5.74, 6) is -1.63. The second-order valence-corrected chi connectivity index (χ2v) is 4.95. The zero-order valence-corrected chi connectivity index (χ0v) is 10.0. The predicted molar refractivity (Wildman–Crippen MR) is 63.9 cm³/mol. The molecule has 19 heavy (non-hydrogen) atoms. The van der Waals surface area contributed by atoms with Crippen molar-refractivity contribution in [3.63, 3.8) is 0 Å². The monoisotopic (exact) mass is 264 g/mol. The lowest BCUT2D eigenvalue weighted by Crippen LogP contribution is -2.32. The first-order chi connectivity index (χ1) is 9.06. The summed E-state index contributed by atoms with van der Waals surface area (Å²) in [4.78, 5) is 24.2. The van der Waals surface area contributed by atoms with E-state index in [1.807, 2.05) is 0 Å². The Bertz CT molecular complexity index is 531. The van der Waals surface area contributed by atoms with Crippen LogP contribution in [0.5, 0.6) is 0 Å². The van der Waals surface area contributed by atoms with Crippen LogP contribution in [0.4, 0.5) is 9.18 Å². The summed E-state index contributed by atoms with van der Waals surface area (Å²) in [5, 5.41) is 11.7. The minimum Gasteiger partial charge on any atom is -0.481 e. The zero-order chi connectivity index (χ0) is 13.6. The van der Waals surface area contributed by atoms with Crippen LogP contribution in [0.2, 0.25) is 0 Å². The number of hydrogen-bond acceptors (Lipinski definition) is 2. The van der Waals surface area contributed by atoms with Gasteiger partial charge in [0, 0.05) is 12.6 Å². The Labute approximate surface area is 109 Å². The number of carbonyl (C=O) groups excluding carboxylic acids is 1. The Morgan fingerprint density at radius 2 is 2.05 bits per heavy atom. The lowest BCUT2D eigenvalue weighted by molar-refractivity contribution is -0.138. The summed E-state index contributed by atoms with van der Waals surface area (Å²) in [6.07, 6.45) is 0.513. The average Bonchev–Trinajstić information content (AvgIpc) is 3.08. The van der Waals surface area contributed by atoms with E-state index in [1.54, 1.807) is 17.0 Å². The van der Waals surface area contributed by atoms with Gasteiger partial charge in [0.1, 0.15) is 5.82 Å². The minimum atomic E-state index is -0.858. The fourth-order valence-electron chi connectivity index (χ4n) is 2.52. The van der Waals surface area contributed by atoms with Crippen LogP contribution in [0.3, 0.4) is 0 Å². The molecule has 5 nitrogen and oxygen atoms in total. The summed E-state index contributed by atoms with van der Waals surface area (Å²) >= 11 is 0. The number of urea groups is 1. The van der Waals surface area contributed by atoms with Crippen molar-refractivity contribution in [3.05, 3.63) is 35.6 Å². The van der Waals surface area contributed by atoms with Crippen LogP contribution in [0.1, 0.15) is 18.0 Å². The number of amides is 2. The molecule has 2 aliphatic rings. The highest BCUT2D eigenvalue weighted by Gasteiger charge is 2.51. The number of carboxylic acid groups (broad SMARTS) is 1. The molecule has 0 bridgehead atoms. The van der Waals surface area contributed by atoms with Crippen molar-refractivity contribution in [1.82, 2.24) is 10.2 Å². The fourth-order valence-corrected chi connectivity index (χ4v) is 2.52. The molecule has 0 spiro atoms. The van der Waals surface area contributed by atoms with Gasteiger partial charge in [0.05, 0.1) is 12.0 Å². The third kappa shape index (κ3) is 2.14. The van der Waals surface area contributed by atoms with E-state index in [4.69, 9.17) is 5.11 Å². The van der Waals surface area contributed by atoms with Crippen LogP contribution in [-0.4, -0.2) is 34.6 Å². The first-order valence-electron chi connectivity index (χ1n) is 6.11. The fraction of sp³-hybridized carbons (Fsp3) is 0.385. The van der Waals surface area contributed by atoms with Crippen LogP contribution in [0, 0.1) is 11.7 Å². The molecule has 0 radical (unpaired) electrons. The normalized spacial score (nSPS) is 29.2. The highest BCUT2D eigenvalue weighted by atomic mass is 19.1. The predicted octanol–water partition coefficient (Wildman–Crippen LogP) is 1.37. The van der Waals surface area contributed by atoms with E-state index < -0.39 is 11.9 Å². The van der Waals surface area contributed by atoms with E-state index in [-0.39, 0.29) is 23.9 Å². The van der Waals surface area contributed by atoms with Crippen LogP contribution < -0.4 is 5.32 Å². The van der Waals surface area contributed by atoms with E-state index in [2.05, 4.69) is 5.32 Å². The lowest BCUT2D eigenvalue weighted by atomic mass is 10.1. The number of nitrogens with one attached hydrogen (secondary N) is 1. The lowest BCUT2D eigenvalue weighted by Gasteiger charge is -2.14. The smallest absolute Gasteiger partial charge is 0.318 e. The Kier molecular flexibility index (Phi) is 2.66. The van der Waals surface area contributed by atoms with E-state index in [0.717, 1.165) is 5.56 Å². The van der Waals surface area contributed by atoms with Crippen molar-refractivity contribution < 1.29 is 19.1 Å². The molecule has 2 N–H and O–H groups in total. The first-order valence-corrected chi connectivity index (χ1v) is 6.11. The van der Waals surface area contributed by atoms with Gasteiger partial charge >= 0.3 is 12.0 Å². The van der Waals surface area contributed by atoms with Gasteiger partial charge in [-0.3, -0.25) is 4.79 Å². The van der Waals surface area contributed by atoms with Crippen molar-refractivity contribution in [1.29, 1.82) is 0 Å². The van der Waals surface area contributed by atoms with Gasteiger partial charge in [-0.1, -0.05) is 12.1 Å². The van der Waals surface area contributed by atoms with Gasteiger partial charge in [0.15, 0.2) is 0 Å². The molecule has 0 aromatic heterocycles. The molecule has 1 aromatic carbocycles. The second kappa shape index (κ2) is 4.22. The molecular formula is C13H13FN2O3. The number of nitrogens with zero attached hydrogens (tertiary/aromatic N) is 1. The molecule has 2 amide bonds. The number of carbonyl (C=O) groups is 2. The molecule has 1 aromatic rings. The van der Waals surface area contributed by atoms with Gasteiger partial charge in [-0.25, -0.2) is 9.18 Å². The van der Waals surface area contributed by atoms with Gasteiger partial charge in [-0.05, 0) is 24.1 Å². The van der Waals surface area contributed by atoms with Crippen LogP contribution >= 0.6 is 0 Å². The van der Waals surface area contributed by atoms with E-state index in [0.29, 0.717) is 13.0 Å². The number of aliphatic carboxylic acids is 1. The summed E-state index contributed by atoms with van der Waals surface area (Å²) in [7, 11) is 0. The Balaban J connectivity index is 1.70. The highest BCUT2D eigenvalue weighted by molar-refractivity contribution is 5.81. The van der Waals surface area contributed by atoms with E-state index in [1.165, 1.54) is 12.1 Å². The van der Waals surface area contributed by atoms with Crippen molar-refractivity contribution in [3.8, 4) is 0 Å². The number of rotatable bonds is 3. The third-order valence-electron chi connectivity index (χ3n) is 3.68. The maximum absolute atomic E-state index is 12.8. The Morgan fingerprint density at radius 1 is 1.37 bits per heavy atom. The quantitative estimate of drug-likeness (QED) is 0.866. The number of carboxylic acids is 1. The summed E-state index contributed by atoms with van der Waals surface area (Å²) in [5.41, 5.74) is 0.824. The molecule has 2 fully saturated rings. The van der Waals surface area contributed by atoms with Crippen molar-refractivity contribution in [2.24, 2.45) is 5.92 Å². The standard InChI is InChI=1S/C13H13FN2O3/c14-8-3-1-7(2-4-8)10-6-16(13(19)15-10)11-5-9(11)12(17)18/h1-4,9-11H,5-6H2,(H,15,19)(H,17,18). The second-order valence-electron chi connectivity index (χ2n) is 4.95. The minimum absolute atomic E-state index is 0.205. The van der Waals surface area contributed by atoms with Crippen LogP contribution in [0.25, 0.3) is 0 Å². The number of halogens is 1. The van der Waals surface area contributed by atoms with Crippen molar-refractivity contribution in [2.45, 2.75) is 18.5 Å². The highest BCUT2D eigenvalue weighted by Crippen LogP contribution is 2.38. The SMILES string of the molecule is O=C(O)C1CC1N1CC(c2ccc(F)cc2)NC1=O. The molecule has 1 saturated heterocycles. The van der Waals surface area contributed by atoms with E-state index >= 15 is 0 Å². The van der Waals surface area contributed by atoms with Crippen molar-refractivity contribution >= 4 is 12.0 Å². The molecule has 3 rings (SSSR count). The molecule has 1 saturated carbocycles. The molecule has 1 aliphatic carbocycles. The molecule has 6 heteroatoms. The van der Waals surface area contributed by atoms with Crippen molar-refractivity contribution in [2.75, 3.05) is 6.54 Å². The maximum Gasteiger partial charge on any atom is 0.318 e. The topological polar surface area (TPSA) is 69.6 Å². The molecule has 3 atom stereocenters. The number of hydrogen-bond donors (Lipinski definition) is 2. The summed E-state index contributed by atoms with van der Waals surface area (Å²) in [6.45, 7) is 0.429. The number of benzene rings is 1. The summed E-state index contributed by atoms with van der Waals surface area (Å²) in [6, 6.07) is 5.30. The molecule has 3 unspecified atom stereocenters.